The molecule has 0 unspecified atom stereocenters. The Bertz CT molecular complexity index is 1150. The molecule has 0 radical (unpaired) electrons. The first-order valence-electron chi connectivity index (χ1n) is 10.2. The average molecular weight is 479 g/mol. The highest BCUT2D eigenvalue weighted by atomic mass is 35.5. The summed E-state index contributed by atoms with van der Waals surface area (Å²) in [5.41, 5.74) is 2.17. The van der Waals surface area contributed by atoms with Gasteiger partial charge in [0.25, 0.3) is 5.91 Å². The second-order valence-corrected chi connectivity index (χ2v) is 11.6. The lowest BCUT2D eigenvalue weighted by Gasteiger charge is -2.15. The van der Waals surface area contributed by atoms with E-state index < -0.39 is 9.84 Å². The van der Waals surface area contributed by atoms with E-state index in [0.717, 1.165) is 41.7 Å². The van der Waals surface area contributed by atoms with Gasteiger partial charge in [-0.3, -0.25) is 9.59 Å². The fourth-order valence-corrected chi connectivity index (χ4v) is 7.15. The number of benzene rings is 1. The molecule has 0 bridgehead atoms. The lowest BCUT2D eigenvalue weighted by molar-refractivity contribution is -0.111. The van der Waals surface area contributed by atoms with Crippen molar-refractivity contribution >= 4 is 55.7 Å². The Hall–Kier alpha value is -2.16. The monoisotopic (exact) mass is 478 g/mol. The molecule has 1 aromatic carbocycles. The van der Waals surface area contributed by atoms with Gasteiger partial charge in [0.1, 0.15) is 5.00 Å². The SMILES string of the molecule is O=C(/C=C/c1ccccc1Cl)Nc1sc2c(c1C(=O)N[C@H]1CCS(=O)(=O)C1)CCCC2. The molecule has 4 rings (SSSR count). The van der Waals surface area contributed by atoms with Gasteiger partial charge in [0.15, 0.2) is 9.84 Å². The Balaban J connectivity index is 1.54. The molecule has 2 aliphatic rings. The summed E-state index contributed by atoms with van der Waals surface area (Å²) in [6.07, 6.45) is 7.14. The Morgan fingerprint density at radius 2 is 1.94 bits per heavy atom. The van der Waals surface area contributed by atoms with Gasteiger partial charge in [-0.25, -0.2) is 8.42 Å². The molecule has 2 amide bonds. The maximum Gasteiger partial charge on any atom is 0.254 e. The van der Waals surface area contributed by atoms with E-state index in [4.69, 9.17) is 11.6 Å². The molecule has 1 aliphatic carbocycles. The van der Waals surface area contributed by atoms with Gasteiger partial charge in [-0.05, 0) is 55.4 Å². The van der Waals surface area contributed by atoms with E-state index in [-0.39, 0.29) is 29.4 Å². The van der Waals surface area contributed by atoms with Crippen molar-refractivity contribution < 1.29 is 18.0 Å². The van der Waals surface area contributed by atoms with Crippen LogP contribution in [0.25, 0.3) is 6.08 Å². The van der Waals surface area contributed by atoms with Crippen LogP contribution in [0.3, 0.4) is 0 Å². The minimum atomic E-state index is -3.10. The number of hydrogen-bond acceptors (Lipinski definition) is 5. The largest absolute Gasteiger partial charge is 0.348 e. The Kier molecular flexibility index (Phi) is 6.50. The number of carbonyl (C=O) groups excluding carboxylic acids is 2. The summed E-state index contributed by atoms with van der Waals surface area (Å²) < 4.78 is 23.5. The summed E-state index contributed by atoms with van der Waals surface area (Å²) in [7, 11) is -3.10. The second-order valence-electron chi connectivity index (χ2n) is 7.83. The predicted molar refractivity (Wildman–Crippen MR) is 125 cm³/mol. The number of rotatable bonds is 5. The molecule has 0 saturated carbocycles. The molecular formula is C22H23ClN2O4S2. The Morgan fingerprint density at radius 3 is 2.68 bits per heavy atom. The molecule has 1 atom stereocenters. The van der Waals surface area contributed by atoms with Crippen LogP contribution in [0.4, 0.5) is 5.00 Å². The number of anilines is 1. The number of carbonyl (C=O) groups is 2. The predicted octanol–water partition coefficient (Wildman–Crippen LogP) is 3.85. The summed E-state index contributed by atoms with van der Waals surface area (Å²) in [5.74, 6) is -0.605. The topological polar surface area (TPSA) is 92.3 Å². The van der Waals surface area contributed by atoms with Gasteiger partial charge < -0.3 is 10.6 Å². The van der Waals surface area contributed by atoms with E-state index in [0.29, 0.717) is 22.0 Å². The number of aryl methyl sites for hydroxylation is 1. The number of sulfone groups is 1. The molecule has 1 aromatic heterocycles. The zero-order valence-corrected chi connectivity index (χ0v) is 19.2. The summed E-state index contributed by atoms with van der Waals surface area (Å²) >= 11 is 7.56. The summed E-state index contributed by atoms with van der Waals surface area (Å²) in [4.78, 5) is 26.8. The van der Waals surface area contributed by atoms with Crippen molar-refractivity contribution in [2.24, 2.45) is 0 Å². The first-order chi connectivity index (χ1) is 14.8. The molecule has 6 nitrogen and oxygen atoms in total. The van der Waals surface area contributed by atoms with Gasteiger partial charge >= 0.3 is 0 Å². The molecular weight excluding hydrogens is 456 g/mol. The molecule has 9 heteroatoms. The summed E-state index contributed by atoms with van der Waals surface area (Å²) in [6, 6.07) is 6.82. The van der Waals surface area contributed by atoms with Gasteiger partial charge in [-0.2, -0.15) is 0 Å². The molecule has 2 aromatic rings. The van der Waals surface area contributed by atoms with Gasteiger partial charge in [-0.1, -0.05) is 29.8 Å². The minimum absolute atomic E-state index is 0.0344. The third-order valence-electron chi connectivity index (χ3n) is 5.52. The zero-order chi connectivity index (χ0) is 22.0. The quantitative estimate of drug-likeness (QED) is 0.638. The number of halogens is 1. The zero-order valence-electron chi connectivity index (χ0n) is 16.8. The van der Waals surface area contributed by atoms with Crippen LogP contribution < -0.4 is 10.6 Å². The molecule has 2 N–H and O–H groups in total. The van der Waals surface area contributed by atoms with E-state index in [2.05, 4.69) is 10.6 Å². The van der Waals surface area contributed by atoms with E-state index in [1.807, 2.05) is 18.2 Å². The second kappa shape index (κ2) is 9.14. The molecule has 2 heterocycles. The minimum Gasteiger partial charge on any atom is -0.348 e. The smallest absolute Gasteiger partial charge is 0.254 e. The van der Waals surface area contributed by atoms with Crippen molar-refractivity contribution in [3.8, 4) is 0 Å². The van der Waals surface area contributed by atoms with Crippen molar-refractivity contribution in [3.05, 3.63) is 56.9 Å². The molecule has 1 fully saturated rings. The normalized spacial score (nSPS) is 19.8. The summed E-state index contributed by atoms with van der Waals surface area (Å²) in [5, 5.41) is 6.78. The molecule has 1 aliphatic heterocycles. The van der Waals surface area contributed by atoms with E-state index in [9.17, 15) is 18.0 Å². The first-order valence-corrected chi connectivity index (χ1v) is 13.2. The van der Waals surface area contributed by atoms with Crippen molar-refractivity contribution in [2.75, 3.05) is 16.8 Å². The van der Waals surface area contributed by atoms with Crippen molar-refractivity contribution in [2.45, 2.75) is 38.1 Å². The van der Waals surface area contributed by atoms with Crippen LogP contribution in [0.5, 0.6) is 0 Å². The van der Waals surface area contributed by atoms with Crippen LogP contribution in [0.1, 0.15) is 45.6 Å². The highest BCUT2D eigenvalue weighted by Crippen LogP contribution is 2.38. The Morgan fingerprint density at radius 1 is 1.16 bits per heavy atom. The molecule has 0 spiro atoms. The maximum absolute atomic E-state index is 13.1. The fraction of sp³-hybridized carbons (Fsp3) is 0.364. The maximum atomic E-state index is 13.1. The van der Waals surface area contributed by atoms with Crippen LogP contribution in [0.15, 0.2) is 30.3 Å². The van der Waals surface area contributed by atoms with Crippen LogP contribution in [-0.2, 0) is 27.5 Å². The third-order valence-corrected chi connectivity index (χ3v) is 8.84. The molecule has 164 valence electrons. The van der Waals surface area contributed by atoms with E-state index >= 15 is 0 Å². The van der Waals surface area contributed by atoms with E-state index in [1.165, 1.54) is 17.4 Å². The van der Waals surface area contributed by atoms with Gasteiger partial charge in [0, 0.05) is 22.0 Å². The van der Waals surface area contributed by atoms with Crippen molar-refractivity contribution in [1.29, 1.82) is 0 Å². The van der Waals surface area contributed by atoms with Gasteiger partial charge in [0.05, 0.1) is 17.1 Å². The average Bonchev–Trinajstić information content (AvgIpc) is 3.26. The first kappa shape index (κ1) is 22.0. The van der Waals surface area contributed by atoms with Crippen LogP contribution in [-0.4, -0.2) is 37.8 Å². The number of fused-ring (bicyclic) bond motifs is 1. The van der Waals surface area contributed by atoms with Crippen LogP contribution in [0.2, 0.25) is 5.02 Å². The summed E-state index contributed by atoms with van der Waals surface area (Å²) in [6.45, 7) is 0. The van der Waals surface area contributed by atoms with Gasteiger partial charge in [0.2, 0.25) is 5.91 Å². The standard InChI is InChI=1S/C22H23ClN2O4S2/c23-17-7-3-1-5-14(17)9-10-19(26)25-22-20(16-6-2-4-8-18(16)30-22)21(27)24-15-11-12-31(28,29)13-15/h1,3,5,7,9-10,15H,2,4,6,8,11-13H2,(H,24,27)(H,25,26)/b10-9+/t15-/m0/s1. The number of nitrogens with one attached hydrogen (secondary N) is 2. The van der Waals surface area contributed by atoms with Gasteiger partial charge in [-0.15, -0.1) is 11.3 Å². The number of thiophene rings is 1. The fourth-order valence-electron chi connectivity index (χ4n) is 3.99. The Labute approximate surface area is 190 Å². The third kappa shape index (κ3) is 5.19. The molecule has 1 saturated heterocycles. The number of hydrogen-bond donors (Lipinski definition) is 2. The van der Waals surface area contributed by atoms with Crippen LogP contribution in [0, 0.1) is 0 Å². The lowest BCUT2D eigenvalue weighted by atomic mass is 9.95. The van der Waals surface area contributed by atoms with E-state index in [1.54, 1.807) is 12.1 Å². The highest BCUT2D eigenvalue weighted by Gasteiger charge is 2.32. The van der Waals surface area contributed by atoms with Crippen molar-refractivity contribution in [1.82, 2.24) is 5.32 Å². The van der Waals surface area contributed by atoms with Crippen molar-refractivity contribution in [3.63, 3.8) is 0 Å². The number of amides is 2. The molecule has 31 heavy (non-hydrogen) atoms. The van der Waals surface area contributed by atoms with Crippen LogP contribution >= 0.6 is 22.9 Å². The lowest BCUT2D eigenvalue weighted by Crippen LogP contribution is -2.36. The highest BCUT2D eigenvalue weighted by molar-refractivity contribution is 7.91.